The number of phenolic OH excluding ortho intramolecular Hbond substituents is 2. The molecule has 0 saturated heterocycles. The van der Waals surface area contributed by atoms with Crippen molar-refractivity contribution in [3.8, 4) is 11.5 Å². The van der Waals surface area contributed by atoms with Gasteiger partial charge in [-0.25, -0.2) is 0 Å². The lowest BCUT2D eigenvalue weighted by Gasteiger charge is -2.27. The molecule has 0 heterocycles. The van der Waals surface area contributed by atoms with Gasteiger partial charge in [0, 0.05) is 6.04 Å². The molecule has 0 saturated carbocycles. The van der Waals surface area contributed by atoms with Crippen LogP contribution in [0.3, 0.4) is 0 Å². The fourth-order valence-electron chi connectivity index (χ4n) is 1.92. The van der Waals surface area contributed by atoms with E-state index in [1.807, 2.05) is 6.92 Å². The molecule has 3 nitrogen and oxygen atoms in total. The third-order valence-electron chi connectivity index (χ3n) is 2.84. The number of hydrogen-bond donors (Lipinski definition) is 2. The van der Waals surface area contributed by atoms with Crippen LogP contribution in [0.4, 0.5) is 0 Å². The van der Waals surface area contributed by atoms with Crippen LogP contribution in [0.5, 0.6) is 11.5 Å². The molecule has 1 rings (SSSR count). The van der Waals surface area contributed by atoms with E-state index in [0.717, 1.165) is 13.1 Å². The predicted molar refractivity (Wildman–Crippen MR) is 61.1 cm³/mol. The molecule has 0 bridgehead atoms. The highest BCUT2D eigenvalue weighted by molar-refractivity contribution is 5.44. The fourth-order valence-corrected chi connectivity index (χ4v) is 1.92. The topological polar surface area (TPSA) is 43.7 Å². The average molecular weight is 209 g/mol. The van der Waals surface area contributed by atoms with Gasteiger partial charge in [-0.1, -0.05) is 19.9 Å². The second kappa shape index (κ2) is 5.03. The molecule has 1 aromatic carbocycles. The average Bonchev–Trinajstić information content (AvgIpc) is 2.19. The molecule has 0 spiro atoms. The van der Waals surface area contributed by atoms with Gasteiger partial charge >= 0.3 is 0 Å². The Hall–Kier alpha value is -1.22. The minimum absolute atomic E-state index is 0.0289. The minimum atomic E-state index is 0.0289. The summed E-state index contributed by atoms with van der Waals surface area (Å²) in [5, 5.41) is 19.4. The second-order valence-electron chi connectivity index (χ2n) is 3.61. The van der Waals surface area contributed by atoms with E-state index in [9.17, 15) is 10.2 Å². The standard InChI is InChI=1S/C12H19NO2/c1-4-13(5-2)9(3)12-10(14)7-6-8-11(12)15/h6-9,14-15H,4-5H2,1-3H3. The van der Waals surface area contributed by atoms with Gasteiger partial charge < -0.3 is 10.2 Å². The summed E-state index contributed by atoms with van der Waals surface area (Å²) in [7, 11) is 0. The first-order valence-corrected chi connectivity index (χ1v) is 5.36. The van der Waals surface area contributed by atoms with Crippen molar-refractivity contribution in [2.75, 3.05) is 13.1 Å². The Labute approximate surface area is 91.0 Å². The SMILES string of the molecule is CCN(CC)C(C)c1c(O)cccc1O. The smallest absolute Gasteiger partial charge is 0.124 e. The Morgan fingerprint density at radius 2 is 1.60 bits per heavy atom. The summed E-state index contributed by atoms with van der Waals surface area (Å²) in [5.41, 5.74) is 0.612. The lowest BCUT2D eigenvalue weighted by Crippen LogP contribution is -2.26. The van der Waals surface area contributed by atoms with E-state index in [2.05, 4.69) is 18.7 Å². The van der Waals surface area contributed by atoms with E-state index in [-0.39, 0.29) is 17.5 Å². The van der Waals surface area contributed by atoms with E-state index in [1.165, 1.54) is 0 Å². The Bertz CT molecular complexity index is 301. The summed E-state index contributed by atoms with van der Waals surface area (Å²) in [5.74, 6) is 0.323. The summed E-state index contributed by atoms with van der Waals surface area (Å²) in [6.45, 7) is 7.91. The highest BCUT2D eigenvalue weighted by Gasteiger charge is 2.19. The third kappa shape index (κ3) is 2.42. The highest BCUT2D eigenvalue weighted by atomic mass is 16.3. The number of benzene rings is 1. The van der Waals surface area contributed by atoms with Crippen LogP contribution in [-0.4, -0.2) is 28.2 Å². The van der Waals surface area contributed by atoms with Crippen LogP contribution in [0.1, 0.15) is 32.4 Å². The minimum Gasteiger partial charge on any atom is -0.507 e. The van der Waals surface area contributed by atoms with Crippen molar-refractivity contribution < 1.29 is 10.2 Å². The van der Waals surface area contributed by atoms with Crippen LogP contribution < -0.4 is 0 Å². The van der Waals surface area contributed by atoms with Crippen LogP contribution >= 0.6 is 0 Å². The molecule has 1 atom stereocenters. The number of hydrogen-bond acceptors (Lipinski definition) is 3. The summed E-state index contributed by atoms with van der Waals surface area (Å²) < 4.78 is 0. The van der Waals surface area contributed by atoms with Gasteiger partial charge in [-0.3, -0.25) is 4.90 Å². The summed E-state index contributed by atoms with van der Waals surface area (Å²) in [4.78, 5) is 2.18. The van der Waals surface area contributed by atoms with Gasteiger partial charge in [0.15, 0.2) is 0 Å². The van der Waals surface area contributed by atoms with Crippen LogP contribution in [0, 0.1) is 0 Å². The molecular weight excluding hydrogens is 190 g/mol. The van der Waals surface area contributed by atoms with E-state index in [1.54, 1.807) is 18.2 Å². The fraction of sp³-hybridized carbons (Fsp3) is 0.500. The number of phenols is 2. The van der Waals surface area contributed by atoms with Crippen molar-refractivity contribution in [1.29, 1.82) is 0 Å². The lowest BCUT2D eigenvalue weighted by atomic mass is 10.0. The molecule has 0 aliphatic heterocycles. The molecule has 2 N–H and O–H groups in total. The summed E-state index contributed by atoms with van der Waals surface area (Å²) >= 11 is 0. The van der Waals surface area contributed by atoms with Crippen LogP contribution in [0.25, 0.3) is 0 Å². The zero-order chi connectivity index (χ0) is 11.4. The normalized spacial score (nSPS) is 13.1. The maximum absolute atomic E-state index is 9.72. The number of aromatic hydroxyl groups is 2. The van der Waals surface area contributed by atoms with Gasteiger partial charge in [0.2, 0.25) is 0 Å². The zero-order valence-corrected chi connectivity index (χ0v) is 9.57. The van der Waals surface area contributed by atoms with Gasteiger partial charge in [0.1, 0.15) is 11.5 Å². The maximum Gasteiger partial charge on any atom is 0.124 e. The first-order chi connectivity index (χ1) is 7.11. The molecule has 84 valence electrons. The number of rotatable bonds is 4. The van der Waals surface area contributed by atoms with Crippen molar-refractivity contribution in [3.63, 3.8) is 0 Å². The Morgan fingerprint density at radius 3 is 2.00 bits per heavy atom. The molecule has 0 amide bonds. The van der Waals surface area contributed by atoms with Crippen molar-refractivity contribution in [2.45, 2.75) is 26.8 Å². The van der Waals surface area contributed by atoms with Crippen molar-refractivity contribution in [3.05, 3.63) is 23.8 Å². The van der Waals surface area contributed by atoms with Gasteiger partial charge in [-0.2, -0.15) is 0 Å². The van der Waals surface area contributed by atoms with Gasteiger partial charge in [0.05, 0.1) is 5.56 Å². The molecule has 1 unspecified atom stereocenters. The van der Waals surface area contributed by atoms with Crippen LogP contribution in [-0.2, 0) is 0 Å². The van der Waals surface area contributed by atoms with E-state index in [0.29, 0.717) is 5.56 Å². The van der Waals surface area contributed by atoms with Gasteiger partial charge in [-0.15, -0.1) is 0 Å². The Morgan fingerprint density at radius 1 is 1.13 bits per heavy atom. The molecule has 0 aromatic heterocycles. The molecule has 3 heteroatoms. The Kier molecular flexibility index (Phi) is 3.97. The largest absolute Gasteiger partial charge is 0.507 e. The molecule has 1 aromatic rings. The molecule has 0 radical (unpaired) electrons. The predicted octanol–water partition coefficient (Wildman–Crippen LogP) is 2.50. The summed E-state index contributed by atoms with van der Waals surface area (Å²) in [6.07, 6.45) is 0. The first kappa shape index (κ1) is 11.9. The van der Waals surface area contributed by atoms with Crippen LogP contribution in [0.2, 0.25) is 0 Å². The highest BCUT2D eigenvalue weighted by Crippen LogP contribution is 2.35. The third-order valence-corrected chi connectivity index (χ3v) is 2.84. The molecule has 0 aliphatic rings. The second-order valence-corrected chi connectivity index (χ2v) is 3.61. The lowest BCUT2D eigenvalue weighted by molar-refractivity contribution is 0.225. The molecule has 15 heavy (non-hydrogen) atoms. The first-order valence-electron chi connectivity index (χ1n) is 5.36. The summed E-state index contributed by atoms with van der Waals surface area (Å²) in [6, 6.07) is 4.88. The molecular formula is C12H19NO2. The number of nitrogens with zero attached hydrogens (tertiary/aromatic N) is 1. The Balaban J connectivity index is 3.04. The van der Waals surface area contributed by atoms with E-state index >= 15 is 0 Å². The monoisotopic (exact) mass is 209 g/mol. The maximum atomic E-state index is 9.72. The van der Waals surface area contributed by atoms with Crippen molar-refractivity contribution in [2.24, 2.45) is 0 Å². The quantitative estimate of drug-likeness (QED) is 0.800. The van der Waals surface area contributed by atoms with Crippen molar-refractivity contribution >= 4 is 0 Å². The molecule has 0 fully saturated rings. The zero-order valence-electron chi connectivity index (χ0n) is 9.57. The van der Waals surface area contributed by atoms with E-state index in [4.69, 9.17) is 0 Å². The van der Waals surface area contributed by atoms with Gasteiger partial charge in [0.25, 0.3) is 0 Å². The van der Waals surface area contributed by atoms with Gasteiger partial charge in [-0.05, 0) is 32.1 Å². The van der Waals surface area contributed by atoms with Crippen molar-refractivity contribution in [1.82, 2.24) is 4.90 Å². The molecule has 0 aliphatic carbocycles. The van der Waals surface area contributed by atoms with E-state index < -0.39 is 0 Å². The van der Waals surface area contributed by atoms with Crippen LogP contribution in [0.15, 0.2) is 18.2 Å².